The van der Waals surface area contributed by atoms with Crippen LogP contribution in [0.5, 0.6) is 5.75 Å². The van der Waals surface area contributed by atoms with E-state index in [9.17, 15) is 13.2 Å². The highest BCUT2D eigenvalue weighted by Crippen LogP contribution is 2.16. The van der Waals surface area contributed by atoms with Crippen molar-refractivity contribution >= 4 is 31.9 Å². The minimum atomic E-state index is -3.90. The largest absolute Gasteiger partial charge is 0.486 e. The van der Waals surface area contributed by atoms with E-state index in [2.05, 4.69) is 21.4 Å². The molecule has 0 aliphatic carbocycles. The molecule has 2 aromatic carbocycles. The molecule has 0 saturated heterocycles. The molecule has 0 fully saturated rings. The Bertz CT molecular complexity index is 1030. The highest BCUT2D eigenvalue weighted by molar-refractivity contribution is 9.10. The Hall–Kier alpha value is -2.62. The summed E-state index contributed by atoms with van der Waals surface area (Å²) in [7, 11) is -3.90. The van der Waals surface area contributed by atoms with Crippen molar-refractivity contribution < 1.29 is 22.4 Å². The van der Waals surface area contributed by atoms with Crippen LogP contribution in [0, 0.1) is 0 Å². The zero-order valence-corrected chi connectivity index (χ0v) is 16.3. The Kier molecular flexibility index (Phi) is 5.94. The van der Waals surface area contributed by atoms with Crippen LogP contribution in [0.25, 0.3) is 0 Å². The molecule has 2 N–H and O–H groups in total. The summed E-state index contributed by atoms with van der Waals surface area (Å²) in [6.45, 7) is 0.140. The number of para-hydroxylation sites is 1. The molecule has 3 rings (SSSR count). The normalized spacial score (nSPS) is 11.1. The maximum Gasteiger partial charge on any atom is 0.301 e. The smallest absolute Gasteiger partial charge is 0.301 e. The summed E-state index contributed by atoms with van der Waals surface area (Å²) in [5.74, 6) is 0.332. The number of hydrogen-bond acceptors (Lipinski definition) is 5. The Morgan fingerprint density at radius 2 is 1.81 bits per heavy atom. The Balaban J connectivity index is 1.58. The van der Waals surface area contributed by atoms with E-state index in [1.165, 1.54) is 18.2 Å². The van der Waals surface area contributed by atoms with Gasteiger partial charge < -0.3 is 9.15 Å². The monoisotopic (exact) mass is 450 g/mol. The Morgan fingerprint density at radius 1 is 1.04 bits per heavy atom. The second-order valence-corrected chi connectivity index (χ2v) is 7.98. The van der Waals surface area contributed by atoms with Gasteiger partial charge >= 0.3 is 5.91 Å². The van der Waals surface area contributed by atoms with Crippen LogP contribution in [0.2, 0.25) is 0 Å². The summed E-state index contributed by atoms with van der Waals surface area (Å²) in [6.07, 6.45) is 0. The van der Waals surface area contributed by atoms with Crippen LogP contribution in [-0.2, 0) is 16.6 Å². The SMILES string of the molecule is O=C(NNS(=O)(=O)c1cccc(Br)c1)c1ccc(COc2ccccc2)o1. The zero-order chi connectivity index (χ0) is 19.3. The van der Waals surface area contributed by atoms with Crippen LogP contribution in [0.15, 0.2) is 80.5 Å². The molecule has 140 valence electrons. The molecule has 0 saturated carbocycles. The molecule has 0 radical (unpaired) electrons. The summed E-state index contributed by atoms with van der Waals surface area (Å²) in [4.78, 5) is 14.1. The highest BCUT2D eigenvalue weighted by atomic mass is 79.9. The molecule has 1 aromatic heterocycles. The van der Waals surface area contributed by atoms with Gasteiger partial charge in [0.15, 0.2) is 5.76 Å². The number of sulfonamides is 1. The number of amides is 1. The lowest BCUT2D eigenvalue weighted by molar-refractivity contribution is 0.0913. The van der Waals surface area contributed by atoms with Gasteiger partial charge in [-0.05, 0) is 42.5 Å². The minimum Gasteiger partial charge on any atom is -0.486 e. The number of carbonyl (C=O) groups excluding carboxylic acids is 1. The average molecular weight is 451 g/mol. The molecule has 0 bridgehead atoms. The van der Waals surface area contributed by atoms with Crippen LogP contribution in [0.4, 0.5) is 0 Å². The molecule has 9 heteroatoms. The van der Waals surface area contributed by atoms with Crippen molar-refractivity contribution in [2.45, 2.75) is 11.5 Å². The molecule has 0 aliphatic heterocycles. The predicted molar refractivity (Wildman–Crippen MR) is 101 cm³/mol. The number of halogens is 1. The first-order valence-corrected chi connectivity index (χ1v) is 10.1. The Labute approximate surface area is 164 Å². The van der Waals surface area contributed by atoms with E-state index in [1.54, 1.807) is 30.3 Å². The van der Waals surface area contributed by atoms with Crippen molar-refractivity contribution in [1.29, 1.82) is 0 Å². The molecule has 27 heavy (non-hydrogen) atoms. The number of hydrogen-bond donors (Lipinski definition) is 2. The molecule has 3 aromatic rings. The first-order valence-electron chi connectivity index (χ1n) is 7.78. The van der Waals surface area contributed by atoms with Gasteiger partial charge in [-0.3, -0.25) is 10.2 Å². The lowest BCUT2D eigenvalue weighted by atomic mass is 10.3. The molecular formula is C18H15BrN2O5S. The molecule has 0 aliphatic rings. The van der Waals surface area contributed by atoms with E-state index < -0.39 is 15.9 Å². The van der Waals surface area contributed by atoms with E-state index in [1.807, 2.05) is 23.0 Å². The summed E-state index contributed by atoms with van der Waals surface area (Å²) >= 11 is 3.20. The van der Waals surface area contributed by atoms with Gasteiger partial charge in [0.25, 0.3) is 10.0 Å². The number of rotatable bonds is 7. The third-order valence-electron chi connectivity index (χ3n) is 3.42. The molecule has 0 unspecified atom stereocenters. The van der Waals surface area contributed by atoms with Gasteiger partial charge in [0.05, 0.1) is 4.90 Å². The number of nitrogens with one attached hydrogen (secondary N) is 2. The molecule has 1 heterocycles. The topological polar surface area (TPSA) is 97.6 Å². The van der Waals surface area contributed by atoms with Gasteiger partial charge in [-0.25, -0.2) is 8.42 Å². The fraction of sp³-hybridized carbons (Fsp3) is 0.0556. The summed E-state index contributed by atoms with van der Waals surface area (Å²) in [5, 5.41) is 0. The average Bonchev–Trinajstić information content (AvgIpc) is 3.14. The fourth-order valence-corrected chi connectivity index (χ4v) is 3.55. The van der Waals surface area contributed by atoms with Crippen LogP contribution in [0.1, 0.15) is 16.3 Å². The van der Waals surface area contributed by atoms with Crippen molar-refractivity contribution in [3.05, 3.63) is 82.7 Å². The van der Waals surface area contributed by atoms with Gasteiger partial charge in [-0.2, -0.15) is 0 Å². The first kappa shape index (κ1) is 19.2. The molecule has 1 amide bonds. The third kappa shape index (κ3) is 5.19. The second-order valence-electron chi connectivity index (χ2n) is 5.38. The van der Waals surface area contributed by atoms with Gasteiger partial charge in [-0.15, -0.1) is 4.83 Å². The maximum absolute atomic E-state index is 12.2. The van der Waals surface area contributed by atoms with Gasteiger partial charge in [0.2, 0.25) is 0 Å². The van der Waals surface area contributed by atoms with Crippen LogP contribution in [-0.4, -0.2) is 14.3 Å². The van der Waals surface area contributed by atoms with Gasteiger partial charge in [0.1, 0.15) is 18.1 Å². The summed E-state index contributed by atoms with van der Waals surface area (Å²) in [5.41, 5.74) is 2.12. The highest BCUT2D eigenvalue weighted by Gasteiger charge is 2.17. The standard InChI is InChI=1S/C18H15BrN2O5S/c19-13-5-4-8-16(11-13)27(23,24)21-20-18(22)17-10-9-15(26-17)12-25-14-6-2-1-3-7-14/h1-11,21H,12H2,(H,20,22). The number of carbonyl (C=O) groups is 1. The van der Waals surface area contributed by atoms with E-state index >= 15 is 0 Å². The van der Waals surface area contributed by atoms with E-state index in [-0.39, 0.29) is 17.3 Å². The predicted octanol–water partition coefficient (Wildman–Crippen LogP) is 3.24. The second kappa shape index (κ2) is 8.38. The maximum atomic E-state index is 12.2. The number of furan rings is 1. The first-order chi connectivity index (χ1) is 12.9. The minimum absolute atomic E-state index is 0.00794. The van der Waals surface area contributed by atoms with Crippen molar-refractivity contribution in [2.75, 3.05) is 0 Å². The van der Waals surface area contributed by atoms with Crippen LogP contribution < -0.4 is 15.0 Å². The van der Waals surface area contributed by atoms with Crippen molar-refractivity contribution in [3.63, 3.8) is 0 Å². The number of ether oxygens (including phenoxy) is 1. The lowest BCUT2D eigenvalue weighted by Crippen LogP contribution is -2.41. The molecule has 7 nitrogen and oxygen atoms in total. The van der Waals surface area contributed by atoms with Gasteiger partial charge in [0, 0.05) is 4.47 Å². The number of benzene rings is 2. The van der Waals surface area contributed by atoms with E-state index in [0.717, 1.165) is 0 Å². The van der Waals surface area contributed by atoms with Crippen molar-refractivity contribution in [2.24, 2.45) is 0 Å². The van der Waals surface area contributed by atoms with Crippen LogP contribution >= 0.6 is 15.9 Å². The van der Waals surface area contributed by atoms with Crippen LogP contribution in [0.3, 0.4) is 0 Å². The molecule has 0 spiro atoms. The Morgan fingerprint density at radius 3 is 2.56 bits per heavy atom. The van der Waals surface area contributed by atoms with E-state index in [0.29, 0.717) is 16.0 Å². The van der Waals surface area contributed by atoms with Crippen molar-refractivity contribution in [1.82, 2.24) is 10.3 Å². The van der Waals surface area contributed by atoms with E-state index in [4.69, 9.17) is 9.15 Å². The van der Waals surface area contributed by atoms with Crippen molar-refractivity contribution in [3.8, 4) is 5.75 Å². The quantitative estimate of drug-likeness (QED) is 0.538. The summed E-state index contributed by atoms with van der Waals surface area (Å²) < 4.78 is 35.9. The molecular weight excluding hydrogens is 436 g/mol. The zero-order valence-electron chi connectivity index (χ0n) is 13.9. The number of hydrazine groups is 1. The fourth-order valence-electron chi connectivity index (χ4n) is 2.12. The summed E-state index contributed by atoms with van der Waals surface area (Å²) in [6, 6.07) is 18.3. The third-order valence-corrected chi connectivity index (χ3v) is 5.15. The molecule has 0 atom stereocenters. The van der Waals surface area contributed by atoms with Gasteiger partial charge in [-0.1, -0.05) is 40.2 Å². The lowest BCUT2D eigenvalue weighted by Gasteiger charge is -2.07.